The van der Waals surface area contributed by atoms with E-state index in [1.807, 2.05) is 43.3 Å². The number of aliphatic hydroxyl groups is 1. The lowest BCUT2D eigenvalue weighted by atomic mass is 10.1. The minimum atomic E-state index is -0.201. The van der Waals surface area contributed by atoms with Gasteiger partial charge in [-0.15, -0.1) is 0 Å². The summed E-state index contributed by atoms with van der Waals surface area (Å²) in [6, 6.07) is 15.1. The first-order chi connectivity index (χ1) is 11.2. The van der Waals surface area contributed by atoms with E-state index in [1.165, 1.54) is 0 Å². The second-order valence-electron chi connectivity index (χ2n) is 5.17. The summed E-state index contributed by atoms with van der Waals surface area (Å²) in [6.07, 6.45) is 0. The number of nitrogens with one attached hydrogen (secondary N) is 2. The van der Waals surface area contributed by atoms with E-state index < -0.39 is 0 Å². The molecule has 2 aromatic rings. The third-order valence-corrected chi connectivity index (χ3v) is 3.51. The van der Waals surface area contributed by atoms with Crippen molar-refractivity contribution in [1.82, 2.24) is 5.32 Å². The lowest BCUT2D eigenvalue weighted by Crippen LogP contribution is -2.26. The molecule has 0 saturated heterocycles. The number of aliphatic hydroxyl groups excluding tert-OH is 1. The van der Waals surface area contributed by atoms with Gasteiger partial charge in [-0.3, -0.25) is 4.79 Å². The summed E-state index contributed by atoms with van der Waals surface area (Å²) in [5, 5.41) is 14.8. The molecule has 2 rings (SSSR count). The smallest absolute Gasteiger partial charge is 0.251 e. The van der Waals surface area contributed by atoms with Gasteiger partial charge < -0.3 is 20.5 Å². The van der Waals surface area contributed by atoms with E-state index in [2.05, 4.69) is 10.6 Å². The van der Waals surface area contributed by atoms with Crippen molar-refractivity contribution >= 4 is 11.6 Å². The van der Waals surface area contributed by atoms with Crippen LogP contribution in [-0.4, -0.2) is 31.3 Å². The molecule has 1 unspecified atom stereocenters. The Hall–Kier alpha value is -2.53. The molecule has 0 aliphatic heterocycles. The fourth-order valence-electron chi connectivity index (χ4n) is 2.37. The van der Waals surface area contributed by atoms with Gasteiger partial charge in [0, 0.05) is 23.4 Å². The number of ether oxygens (including phenoxy) is 1. The molecular formula is C18H22N2O3. The Balaban J connectivity index is 2.12. The predicted molar refractivity (Wildman–Crippen MR) is 90.9 cm³/mol. The predicted octanol–water partition coefficient (Wildman–Crippen LogP) is 2.59. The largest absolute Gasteiger partial charge is 0.496 e. The summed E-state index contributed by atoms with van der Waals surface area (Å²) in [5.74, 6) is 0.622. The van der Waals surface area contributed by atoms with Gasteiger partial charge >= 0.3 is 0 Å². The summed E-state index contributed by atoms with van der Waals surface area (Å²) < 4.78 is 5.38. The van der Waals surface area contributed by atoms with Crippen molar-refractivity contribution in [3.63, 3.8) is 0 Å². The molecule has 0 aliphatic rings. The van der Waals surface area contributed by atoms with Crippen molar-refractivity contribution in [2.75, 3.05) is 25.6 Å². The monoisotopic (exact) mass is 314 g/mol. The number of anilines is 1. The zero-order valence-electron chi connectivity index (χ0n) is 13.4. The van der Waals surface area contributed by atoms with Crippen molar-refractivity contribution in [2.45, 2.75) is 13.0 Å². The van der Waals surface area contributed by atoms with Crippen LogP contribution in [0.15, 0.2) is 48.5 Å². The van der Waals surface area contributed by atoms with Crippen LogP contribution in [0.2, 0.25) is 0 Å². The minimum absolute atomic E-state index is 0.0295. The van der Waals surface area contributed by atoms with E-state index in [1.54, 1.807) is 19.2 Å². The molecule has 2 aromatic carbocycles. The normalized spacial score (nSPS) is 11.6. The fraction of sp³-hybridized carbons (Fsp3) is 0.278. The molecule has 0 radical (unpaired) electrons. The van der Waals surface area contributed by atoms with Crippen LogP contribution in [0.25, 0.3) is 0 Å². The number of carbonyl (C=O) groups is 1. The van der Waals surface area contributed by atoms with Crippen LogP contribution in [-0.2, 0) is 0 Å². The summed E-state index contributed by atoms with van der Waals surface area (Å²) >= 11 is 0. The van der Waals surface area contributed by atoms with Gasteiger partial charge in [0.1, 0.15) is 5.75 Å². The highest BCUT2D eigenvalue weighted by Crippen LogP contribution is 2.27. The van der Waals surface area contributed by atoms with Crippen LogP contribution in [0.5, 0.6) is 5.75 Å². The van der Waals surface area contributed by atoms with Crippen LogP contribution in [0.4, 0.5) is 5.69 Å². The van der Waals surface area contributed by atoms with Crippen LogP contribution < -0.4 is 15.4 Å². The molecule has 0 saturated carbocycles. The van der Waals surface area contributed by atoms with Crippen LogP contribution in [0.1, 0.15) is 28.9 Å². The first kappa shape index (κ1) is 16.8. The molecular weight excluding hydrogens is 292 g/mol. The van der Waals surface area contributed by atoms with Gasteiger partial charge in [-0.1, -0.05) is 24.3 Å². The maximum Gasteiger partial charge on any atom is 0.251 e. The molecule has 0 spiro atoms. The average molecular weight is 314 g/mol. The molecule has 23 heavy (non-hydrogen) atoms. The Labute approximate surface area is 136 Å². The summed E-state index contributed by atoms with van der Waals surface area (Å²) in [6.45, 7) is 2.21. The third kappa shape index (κ3) is 4.47. The second-order valence-corrected chi connectivity index (χ2v) is 5.17. The number of para-hydroxylation sites is 1. The molecule has 5 nitrogen and oxygen atoms in total. The number of amides is 1. The number of benzene rings is 2. The van der Waals surface area contributed by atoms with Gasteiger partial charge in [-0.2, -0.15) is 0 Å². The lowest BCUT2D eigenvalue weighted by molar-refractivity contribution is 0.0945. The maximum absolute atomic E-state index is 11.9. The first-order valence-corrected chi connectivity index (χ1v) is 7.54. The zero-order valence-corrected chi connectivity index (χ0v) is 13.4. The molecule has 1 amide bonds. The number of hydrogen-bond donors (Lipinski definition) is 3. The number of hydrogen-bond acceptors (Lipinski definition) is 4. The summed E-state index contributed by atoms with van der Waals surface area (Å²) in [7, 11) is 1.65. The van der Waals surface area contributed by atoms with E-state index in [0.717, 1.165) is 17.0 Å². The molecule has 0 bridgehead atoms. The van der Waals surface area contributed by atoms with Gasteiger partial charge in [0.2, 0.25) is 0 Å². The summed E-state index contributed by atoms with van der Waals surface area (Å²) in [5.41, 5.74) is 2.45. The minimum Gasteiger partial charge on any atom is -0.496 e. The van der Waals surface area contributed by atoms with E-state index in [0.29, 0.717) is 5.56 Å². The molecule has 3 N–H and O–H groups in total. The highest BCUT2D eigenvalue weighted by molar-refractivity contribution is 5.95. The second kappa shape index (κ2) is 8.19. The fourth-order valence-corrected chi connectivity index (χ4v) is 2.37. The van der Waals surface area contributed by atoms with E-state index >= 15 is 0 Å². The standard InChI is InChI=1S/C18H22N2O3/c1-13(16-8-3-4-9-17(16)23-2)20-15-7-5-6-14(12-15)18(22)19-10-11-21/h3-9,12-13,20-21H,10-11H2,1-2H3,(H,19,22). The number of carbonyl (C=O) groups excluding carboxylic acids is 1. The zero-order chi connectivity index (χ0) is 16.7. The van der Waals surface area contributed by atoms with Crippen LogP contribution >= 0.6 is 0 Å². The molecule has 1 atom stereocenters. The van der Waals surface area contributed by atoms with E-state index in [4.69, 9.17) is 9.84 Å². The Bertz CT molecular complexity index is 658. The quantitative estimate of drug-likeness (QED) is 0.734. The highest BCUT2D eigenvalue weighted by Gasteiger charge is 2.12. The lowest BCUT2D eigenvalue weighted by Gasteiger charge is -2.18. The Morgan fingerprint density at radius 3 is 2.74 bits per heavy atom. The van der Waals surface area contributed by atoms with Crippen molar-refractivity contribution < 1.29 is 14.6 Å². The van der Waals surface area contributed by atoms with E-state index in [9.17, 15) is 4.79 Å². The average Bonchev–Trinajstić information content (AvgIpc) is 2.59. The first-order valence-electron chi connectivity index (χ1n) is 7.54. The third-order valence-electron chi connectivity index (χ3n) is 3.51. The number of methoxy groups -OCH3 is 1. The van der Waals surface area contributed by atoms with Crippen molar-refractivity contribution in [3.8, 4) is 5.75 Å². The molecule has 0 heterocycles. The van der Waals surface area contributed by atoms with Crippen LogP contribution in [0, 0.1) is 0 Å². The van der Waals surface area contributed by atoms with Crippen molar-refractivity contribution in [2.24, 2.45) is 0 Å². The Kier molecular flexibility index (Phi) is 6.00. The Morgan fingerprint density at radius 1 is 1.22 bits per heavy atom. The van der Waals surface area contributed by atoms with Gasteiger partial charge in [0.15, 0.2) is 0 Å². The SMILES string of the molecule is COc1ccccc1C(C)Nc1cccc(C(=O)NCCO)c1. The molecule has 5 heteroatoms. The topological polar surface area (TPSA) is 70.6 Å². The molecule has 122 valence electrons. The Morgan fingerprint density at radius 2 is 2.00 bits per heavy atom. The van der Waals surface area contributed by atoms with Crippen LogP contribution in [0.3, 0.4) is 0 Å². The maximum atomic E-state index is 11.9. The van der Waals surface area contributed by atoms with Crippen molar-refractivity contribution in [1.29, 1.82) is 0 Å². The van der Waals surface area contributed by atoms with Crippen molar-refractivity contribution in [3.05, 3.63) is 59.7 Å². The molecule has 0 aliphatic carbocycles. The molecule has 0 aromatic heterocycles. The van der Waals surface area contributed by atoms with Gasteiger partial charge in [-0.25, -0.2) is 0 Å². The van der Waals surface area contributed by atoms with Gasteiger partial charge in [0.05, 0.1) is 19.8 Å². The summed E-state index contributed by atoms with van der Waals surface area (Å²) in [4.78, 5) is 11.9. The van der Waals surface area contributed by atoms with Gasteiger partial charge in [-0.05, 0) is 31.2 Å². The van der Waals surface area contributed by atoms with E-state index in [-0.39, 0.29) is 25.1 Å². The number of rotatable bonds is 7. The molecule has 0 fully saturated rings. The highest BCUT2D eigenvalue weighted by atomic mass is 16.5. The van der Waals surface area contributed by atoms with Gasteiger partial charge in [0.25, 0.3) is 5.91 Å².